The van der Waals surface area contributed by atoms with Gasteiger partial charge in [-0.05, 0) is 83.5 Å². The van der Waals surface area contributed by atoms with Crippen molar-refractivity contribution >= 4 is 17.0 Å². The Bertz CT molecular complexity index is 1110. The number of halogens is 1. The second kappa shape index (κ2) is 8.42. The van der Waals surface area contributed by atoms with Crippen molar-refractivity contribution in [1.82, 2.24) is 14.8 Å². The lowest BCUT2D eigenvalue weighted by Gasteiger charge is -2.40. The molecule has 2 unspecified atom stereocenters. The van der Waals surface area contributed by atoms with E-state index >= 15 is 0 Å². The van der Waals surface area contributed by atoms with E-state index in [0.717, 1.165) is 62.9 Å². The van der Waals surface area contributed by atoms with Crippen LogP contribution in [0.3, 0.4) is 0 Å². The van der Waals surface area contributed by atoms with Crippen molar-refractivity contribution in [3.05, 3.63) is 45.5 Å². The number of ether oxygens (including phenoxy) is 1. The Kier molecular flexibility index (Phi) is 5.71. The largest absolute Gasteiger partial charge is 0.444 e. The molecule has 0 radical (unpaired) electrons. The molecule has 5 rings (SSSR count). The van der Waals surface area contributed by atoms with Crippen molar-refractivity contribution in [2.45, 2.75) is 83.5 Å². The van der Waals surface area contributed by atoms with E-state index < -0.39 is 5.60 Å². The van der Waals surface area contributed by atoms with Gasteiger partial charge < -0.3 is 14.6 Å². The molecular formula is C26H34FN3O3. The number of aromatic amines is 1. The average molecular weight is 456 g/mol. The number of rotatable bonds is 3. The van der Waals surface area contributed by atoms with Crippen LogP contribution >= 0.6 is 0 Å². The molecule has 1 aromatic carbocycles. The van der Waals surface area contributed by atoms with Gasteiger partial charge in [0, 0.05) is 53.8 Å². The highest BCUT2D eigenvalue weighted by molar-refractivity contribution is 5.79. The van der Waals surface area contributed by atoms with Crippen LogP contribution in [0.15, 0.2) is 23.0 Å². The third-order valence-electron chi connectivity index (χ3n) is 7.50. The number of carbonyl (C=O) groups excluding carboxylic acids is 1. The molecule has 1 amide bonds. The Morgan fingerprint density at radius 3 is 2.64 bits per heavy atom. The Labute approximate surface area is 194 Å². The van der Waals surface area contributed by atoms with Crippen molar-refractivity contribution in [2.24, 2.45) is 5.92 Å². The molecule has 2 saturated heterocycles. The van der Waals surface area contributed by atoms with Crippen LogP contribution in [0.1, 0.15) is 64.1 Å². The molecule has 2 bridgehead atoms. The quantitative estimate of drug-likeness (QED) is 0.735. The molecule has 2 fully saturated rings. The predicted octanol–water partition coefficient (Wildman–Crippen LogP) is 4.59. The first kappa shape index (κ1) is 22.4. The number of aromatic nitrogens is 1. The van der Waals surface area contributed by atoms with E-state index in [0.29, 0.717) is 23.4 Å². The number of piperidine rings is 1. The van der Waals surface area contributed by atoms with Gasteiger partial charge in [0.05, 0.1) is 0 Å². The molecule has 1 aromatic heterocycles. The fourth-order valence-electron chi connectivity index (χ4n) is 6.00. The fourth-order valence-corrected chi connectivity index (χ4v) is 6.00. The molecule has 33 heavy (non-hydrogen) atoms. The lowest BCUT2D eigenvalue weighted by Crippen LogP contribution is -2.48. The number of H-pyrrole nitrogens is 1. The van der Waals surface area contributed by atoms with Crippen LogP contribution in [0.25, 0.3) is 10.9 Å². The van der Waals surface area contributed by atoms with Crippen LogP contribution in [-0.2, 0) is 17.7 Å². The molecule has 6 nitrogen and oxygen atoms in total. The van der Waals surface area contributed by atoms with E-state index in [1.54, 1.807) is 6.07 Å². The second-order valence-electron chi connectivity index (χ2n) is 11.0. The minimum atomic E-state index is -0.465. The van der Waals surface area contributed by atoms with Crippen LogP contribution in [0, 0.1) is 11.7 Å². The summed E-state index contributed by atoms with van der Waals surface area (Å²) in [6, 6.07) is 4.95. The fraction of sp³-hybridized carbons (Fsp3) is 0.615. The summed E-state index contributed by atoms with van der Waals surface area (Å²) in [4.78, 5) is 33.4. The summed E-state index contributed by atoms with van der Waals surface area (Å²) in [5, 5.41) is 0.432. The maximum absolute atomic E-state index is 13.7. The van der Waals surface area contributed by atoms with Crippen LogP contribution in [0.2, 0.25) is 0 Å². The van der Waals surface area contributed by atoms with Crippen LogP contribution in [-0.4, -0.2) is 51.7 Å². The third kappa shape index (κ3) is 4.52. The highest BCUT2D eigenvalue weighted by Gasteiger charge is 2.44. The molecule has 2 atom stereocenters. The second-order valence-corrected chi connectivity index (χ2v) is 11.0. The van der Waals surface area contributed by atoms with E-state index in [-0.39, 0.29) is 29.4 Å². The summed E-state index contributed by atoms with van der Waals surface area (Å²) in [6.07, 6.45) is 5.91. The van der Waals surface area contributed by atoms with Gasteiger partial charge in [0.25, 0.3) is 0 Å². The Morgan fingerprint density at radius 2 is 1.94 bits per heavy atom. The van der Waals surface area contributed by atoms with Crippen molar-refractivity contribution in [3.63, 3.8) is 0 Å². The Balaban J connectivity index is 1.21. The maximum Gasteiger partial charge on any atom is 0.410 e. The molecule has 4 heterocycles. The summed E-state index contributed by atoms with van der Waals surface area (Å²) in [5.74, 6) is 0.208. The molecule has 7 heteroatoms. The number of amides is 1. The zero-order valence-corrected chi connectivity index (χ0v) is 19.8. The highest BCUT2D eigenvalue weighted by Crippen LogP contribution is 2.40. The van der Waals surface area contributed by atoms with Gasteiger partial charge in [-0.2, -0.15) is 0 Å². The van der Waals surface area contributed by atoms with E-state index in [9.17, 15) is 14.0 Å². The van der Waals surface area contributed by atoms with E-state index in [1.165, 1.54) is 12.1 Å². The van der Waals surface area contributed by atoms with Crippen LogP contribution < -0.4 is 5.43 Å². The Hall–Kier alpha value is -2.41. The summed E-state index contributed by atoms with van der Waals surface area (Å²) >= 11 is 0. The van der Waals surface area contributed by atoms with E-state index in [4.69, 9.17) is 4.74 Å². The predicted molar refractivity (Wildman–Crippen MR) is 126 cm³/mol. The average Bonchev–Trinajstić information content (AvgIpc) is 3.02. The SMILES string of the molecule is CC(C)(C)OC(=O)N1C2CCC1CC(CCN1CCc3[nH]c4ccc(F)cc4c(=O)c3C1)C2. The van der Waals surface area contributed by atoms with Gasteiger partial charge in [0.1, 0.15) is 11.4 Å². The molecule has 0 saturated carbocycles. The molecule has 1 N–H and O–H groups in total. The number of nitrogens with one attached hydrogen (secondary N) is 1. The smallest absolute Gasteiger partial charge is 0.410 e. The van der Waals surface area contributed by atoms with Gasteiger partial charge in [0.15, 0.2) is 5.43 Å². The standard InChI is InChI=1S/C26H34FN3O3/c1-26(2,3)33-25(32)30-18-5-6-19(30)13-16(12-18)8-10-29-11-9-23-21(15-29)24(31)20-14-17(27)4-7-22(20)28-23/h4,7,14,16,18-19H,5-6,8-13,15H2,1-3H3,(H,28,31). The van der Waals surface area contributed by atoms with Crippen molar-refractivity contribution < 1.29 is 13.9 Å². The lowest BCUT2D eigenvalue weighted by atomic mass is 9.88. The van der Waals surface area contributed by atoms with Gasteiger partial charge >= 0.3 is 6.09 Å². The van der Waals surface area contributed by atoms with Gasteiger partial charge in [-0.1, -0.05) is 0 Å². The first-order valence-corrected chi connectivity index (χ1v) is 12.2. The minimum absolute atomic E-state index is 0.0494. The summed E-state index contributed by atoms with van der Waals surface area (Å²) in [7, 11) is 0. The van der Waals surface area contributed by atoms with Gasteiger partial charge in [-0.3, -0.25) is 9.69 Å². The van der Waals surface area contributed by atoms with Crippen LogP contribution in [0.4, 0.5) is 9.18 Å². The zero-order chi connectivity index (χ0) is 23.3. The number of hydrogen-bond donors (Lipinski definition) is 1. The van der Waals surface area contributed by atoms with Crippen molar-refractivity contribution in [1.29, 1.82) is 0 Å². The molecule has 178 valence electrons. The van der Waals surface area contributed by atoms with Gasteiger partial charge in [0.2, 0.25) is 0 Å². The first-order chi connectivity index (χ1) is 15.7. The number of benzene rings is 1. The van der Waals surface area contributed by atoms with Gasteiger partial charge in [-0.25, -0.2) is 9.18 Å². The van der Waals surface area contributed by atoms with E-state index in [1.807, 2.05) is 25.7 Å². The Morgan fingerprint density at radius 1 is 1.21 bits per heavy atom. The number of fused-ring (bicyclic) bond motifs is 4. The molecule has 0 spiro atoms. The molecule has 3 aliphatic rings. The van der Waals surface area contributed by atoms with Crippen LogP contribution in [0.5, 0.6) is 0 Å². The first-order valence-electron chi connectivity index (χ1n) is 12.2. The van der Waals surface area contributed by atoms with Crippen molar-refractivity contribution in [2.75, 3.05) is 13.1 Å². The number of pyridine rings is 1. The molecule has 0 aliphatic carbocycles. The number of nitrogens with zero attached hydrogens (tertiary/aromatic N) is 2. The molecular weight excluding hydrogens is 421 g/mol. The van der Waals surface area contributed by atoms with E-state index in [2.05, 4.69) is 9.88 Å². The molecule has 3 aliphatic heterocycles. The highest BCUT2D eigenvalue weighted by atomic mass is 19.1. The third-order valence-corrected chi connectivity index (χ3v) is 7.50. The molecule has 2 aromatic rings. The number of hydrogen-bond acceptors (Lipinski definition) is 4. The van der Waals surface area contributed by atoms with Gasteiger partial charge in [-0.15, -0.1) is 0 Å². The summed E-state index contributed by atoms with van der Waals surface area (Å²) < 4.78 is 19.3. The topological polar surface area (TPSA) is 65.6 Å². The monoisotopic (exact) mass is 455 g/mol. The normalized spacial score (nSPS) is 25.3. The van der Waals surface area contributed by atoms with Crippen molar-refractivity contribution in [3.8, 4) is 0 Å². The minimum Gasteiger partial charge on any atom is -0.444 e. The zero-order valence-electron chi connectivity index (χ0n) is 19.8. The lowest BCUT2D eigenvalue weighted by molar-refractivity contribution is 0.00101. The number of carbonyl (C=O) groups is 1. The summed E-state index contributed by atoms with van der Waals surface area (Å²) in [5.41, 5.74) is 1.96. The summed E-state index contributed by atoms with van der Waals surface area (Å²) in [6.45, 7) is 8.22. The maximum atomic E-state index is 13.7.